The Morgan fingerprint density at radius 1 is 1.14 bits per heavy atom. The van der Waals surface area contributed by atoms with Crippen LogP contribution in [0.3, 0.4) is 0 Å². The minimum atomic E-state index is -0.790. The smallest absolute Gasteiger partial charge is 0.306 e. The molecule has 9 heteroatoms. The van der Waals surface area contributed by atoms with Crippen molar-refractivity contribution in [3.05, 3.63) is 28.8 Å². The third-order valence-corrected chi connectivity index (χ3v) is 6.55. The number of ether oxygens (including phenoxy) is 1. The highest BCUT2D eigenvalue weighted by Gasteiger charge is 2.34. The number of rotatable bonds is 14. The number of ketones is 3. The molecule has 0 bridgehead atoms. The summed E-state index contributed by atoms with van der Waals surface area (Å²) in [4.78, 5) is 49.1. The minimum Gasteiger partial charge on any atom is -0.507 e. The number of carbonyl (C=O) groups is 4. The van der Waals surface area contributed by atoms with E-state index in [0.717, 1.165) is 5.56 Å². The average molecular weight is 509 g/mol. The van der Waals surface area contributed by atoms with Gasteiger partial charge < -0.3 is 25.5 Å². The van der Waals surface area contributed by atoms with Crippen molar-refractivity contribution in [2.24, 2.45) is 23.7 Å². The van der Waals surface area contributed by atoms with Crippen molar-refractivity contribution in [3.8, 4) is 5.75 Å². The quantitative estimate of drug-likeness (QED) is 0.253. The molecular weight excluding hydrogens is 468 g/mol. The van der Waals surface area contributed by atoms with Crippen LogP contribution in [0.1, 0.15) is 74.4 Å². The van der Waals surface area contributed by atoms with Crippen molar-refractivity contribution in [2.75, 3.05) is 19.8 Å². The number of fused-ring (bicyclic) bond motifs is 1. The molecule has 1 aliphatic rings. The van der Waals surface area contributed by atoms with E-state index in [0.29, 0.717) is 31.4 Å². The highest BCUT2D eigenvalue weighted by Crippen LogP contribution is 2.38. The third kappa shape index (κ3) is 8.80. The largest absolute Gasteiger partial charge is 0.507 e. The van der Waals surface area contributed by atoms with E-state index >= 15 is 0 Å². The number of phenols is 1. The van der Waals surface area contributed by atoms with Gasteiger partial charge in [-0.15, -0.1) is 0 Å². The zero-order valence-corrected chi connectivity index (χ0v) is 21.4. The molecule has 0 spiro atoms. The second-order valence-electron chi connectivity index (χ2n) is 10.0. The van der Waals surface area contributed by atoms with E-state index in [1.807, 2.05) is 13.8 Å². The summed E-state index contributed by atoms with van der Waals surface area (Å²) in [6.07, 6.45) is 1.56. The molecule has 1 unspecified atom stereocenters. The lowest BCUT2D eigenvalue weighted by Crippen LogP contribution is -2.32. The monoisotopic (exact) mass is 508 g/mol. The van der Waals surface area contributed by atoms with E-state index in [4.69, 9.17) is 4.74 Å². The summed E-state index contributed by atoms with van der Waals surface area (Å²) < 4.78 is 5.24. The lowest BCUT2D eigenvalue weighted by Gasteiger charge is -2.31. The van der Waals surface area contributed by atoms with Crippen LogP contribution in [-0.4, -0.2) is 63.9 Å². The van der Waals surface area contributed by atoms with Crippen LogP contribution in [0, 0.1) is 23.7 Å². The molecule has 36 heavy (non-hydrogen) atoms. The summed E-state index contributed by atoms with van der Waals surface area (Å²) in [5.41, 5.74) is 1.77. The third-order valence-electron chi connectivity index (χ3n) is 6.55. The molecule has 202 valence electrons. The van der Waals surface area contributed by atoms with Crippen LogP contribution >= 0.6 is 0 Å². The Labute approximate surface area is 212 Å². The standard InChI is InChI=1S/C27H38O8.H2O/c1-16(2)15-35-26(34)7-5-19-4-6-23(31)27-21(19)12-18(13-25(27)33)11-20(8-9-28)22(14-29)24(32)10-17(3)30;/h4,6,16,18,20,22,28-29,31H,5,7-15H2,1-3H3;1H2/t18-,20-,22?;/m1./s1. The van der Waals surface area contributed by atoms with Gasteiger partial charge in [0, 0.05) is 25.4 Å². The van der Waals surface area contributed by atoms with Gasteiger partial charge in [0.1, 0.15) is 17.3 Å². The predicted molar refractivity (Wildman–Crippen MR) is 133 cm³/mol. The van der Waals surface area contributed by atoms with Gasteiger partial charge in [-0.1, -0.05) is 19.9 Å². The maximum atomic E-state index is 13.0. The fourth-order valence-corrected chi connectivity index (χ4v) is 4.88. The molecule has 0 aromatic heterocycles. The number of esters is 1. The molecular formula is C27H40O9. The fraction of sp³-hybridized carbons (Fsp3) is 0.630. The van der Waals surface area contributed by atoms with E-state index in [9.17, 15) is 34.5 Å². The predicted octanol–water partition coefficient (Wildman–Crippen LogP) is 1.99. The number of aryl methyl sites for hydroxylation is 1. The number of aliphatic hydroxyl groups excluding tert-OH is 2. The Kier molecular flexibility index (Phi) is 12.9. The van der Waals surface area contributed by atoms with E-state index in [1.54, 1.807) is 6.07 Å². The first-order chi connectivity index (χ1) is 16.6. The van der Waals surface area contributed by atoms with Crippen molar-refractivity contribution in [2.45, 2.75) is 65.7 Å². The molecule has 0 amide bonds. The molecule has 5 N–H and O–H groups in total. The van der Waals surface area contributed by atoms with Gasteiger partial charge in [-0.3, -0.25) is 19.2 Å². The fourth-order valence-electron chi connectivity index (χ4n) is 4.88. The van der Waals surface area contributed by atoms with Gasteiger partial charge in [0.25, 0.3) is 0 Å². The molecule has 0 saturated carbocycles. The number of Topliss-reactive ketones (excluding diaryl/α,β-unsaturated/α-hetero) is 3. The molecule has 2 rings (SSSR count). The second kappa shape index (κ2) is 14.8. The van der Waals surface area contributed by atoms with Gasteiger partial charge >= 0.3 is 5.97 Å². The SMILES string of the molecule is CC(=O)CC(=O)C(CO)[C@H](CCO)C[C@H]1CC(=O)c2c(O)ccc(CCC(=O)OCC(C)C)c2C1.O. The van der Waals surface area contributed by atoms with Crippen LogP contribution in [0.2, 0.25) is 0 Å². The lowest BCUT2D eigenvalue weighted by atomic mass is 9.72. The van der Waals surface area contributed by atoms with Gasteiger partial charge in [-0.25, -0.2) is 0 Å². The number of hydrogen-bond donors (Lipinski definition) is 3. The first-order valence-electron chi connectivity index (χ1n) is 12.3. The van der Waals surface area contributed by atoms with Crippen LogP contribution in [0.5, 0.6) is 5.75 Å². The van der Waals surface area contributed by atoms with Crippen LogP contribution in [0.25, 0.3) is 0 Å². The number of hydrogen-bond acceptors (Lipinski definition) is 8. The topological polar surface area (TPSA) is 170 Å². The van der Waals surface area contributed by atoms with E-state index < -0.39 is 12.5 Å². The second-order valence-corrected chi connectivity index (χ2v) is 10.0. The van der Waals surface area contributed by atoms with Crippen LogP contribution in [0.15, 0.2) is 12.1 Å². The van der Waals surface area contributed by atoms with E-state index in [2.05, 4.69) is 0 Å². The van der Waals surface area contributed by atoms with Crippen molar-refractivity contribution >= 4 is 23.3 Å². The van der Waals surface area contributed by atoms with Gasteiger partial charge in [-0.2, -0.15) is 0 Å². The minimum absolute atomic E-state index is 0. The van der Waals surface area contributed by atoms with Crippen LogP contribution in [0.4, 0.5) is 0 Å². The maximum Gasteiger partial charge on any atom is 0.306 e. The first kappa shape index (κ1) is 31.4. The maximum absolute atomic E-state index is 13.0. The summed E-state index contributed by atoms with van der Waals surface area (Å²) in [6.45, 7) is 4.95. The Morgan fingerprint density at radius 3 is 2.42 bits per heavy atom. The highest BCUT2D eigenvalue weighted by molar-refractivity contribution is 6.01. The van der Waals surface area contributed by atoms with Crippen molar-refractivity contribution in [1.82, 2.24) is 0 Å². The number of aliphatic hydroxyl groups is 2. The van der Waals surface area contributed by atoms with Crippen molar-refractivity contribution in [1.29, 1.82) is 0 Å². The average Bonchev–Trinajstić information content (AvgIpc) is 2.77. The molecule has 0 saturated heterocycles. The first-order valence-corrected chi connectivity index (χ1v) is 12.3. The van der Waals surface area contributed by atoms with Crippen molar-refractivity contribution < 1.29 is 44.7 Å². The van der Waals surface area contributed by atoms with Gasteiger partial charge in [-0.05, 0) is 67.6 Å². The molecule has 1 aliphatic carbocycles. The number of carbonyl (C=O) groups excluding carboxylic acids is 4. The van der Waals surface area contributed by atoms with Crippen LogP contribution < -0.4 is 0 Å². The molecule has 0 fully saturated rings. The molecule has 3 atom stereocenters. The molecule has 0 aliphatic heterocycles. The molecule has 0 heterocycles. The highest BCUT2D eigenvalue weighted by atomic mass is 16.5. The Bertz CT molecular complexity index is 922. The zero-order valence-electron chi connectivity index (χ0n) is 21.4. The van der Waals surface area contributed by atoms with Gasteiger partial charge in [0.15, 0.2) is 5.78 Å². The number of phenolic OH excluding ortho intramolecular Hbond substituents is 1. The zero-order chi connectivity index (χ0) is 26.1. The van der Waals surface area contributed by atoms with Crippen molar-refractivity contribution in [3.63, 3.8) is 0 Å². The Hall–Kier alpha value is -2.62. The normalized spacial score (nSPS) is 16.6. The summed E-state index contributed by atoms with van der Waals surface area (Å²) >= 11 is 0. The summed E-state index contributed by atoms with van der Waals surface area (Å²) in [7, 11) is 0. The molecule has 9 nitrogen and oxygen atoms in total. The summed E-state index contributed by atoms with van der Waals surface area (Å²) in [5, 5.41) is 29.8. The Balaban J connectivity index is 0.00000648. The summed E-state index contributed by atoms with van der Waals surface area (Å²) in [6, 6.07) is 3.19. The Morgan fingerprint density at radius 2 is 1.83 bits per heavy atom. The van der Waals surface area contributed by atoms with Gasteiger partial charge in [0.05, 0.1) is 25.2 Å². The molecule has 0 radical (unpaired) electrons. The number of aromatic hydroxyl groups is 1. The summed E-state index contributed by atoms with van der Waals surface area (Å²) in [5.74, 6) is -2.39. The van der Waals surface area contributed by atoms with Crippen LogP contribution in [-0.2, 0) is 32.0 Å². The molecule has 1 aromatic carbocycles. The lowest BCUT2D eigenvalue weighted by molar-refractivity contribution is -0.144. The van der Waals surface area contributed by atoms with E-state index in [1.165, 1.54) is 13.0 Å². The van der Waals surface area contributed by atoms with Gasteiger partial charge in [0.2, 0.25) is 0 Å². The molecule has 1 aromatic rings. The van der Waals surface area contributed by atoms with E-state index in [-0.39, 0.29) is 90.2 Å². The number of benzene rings is 1.